The molecule has 0 saturated carbocycles. The van der Waals surface area contributed by atoms with E-state index >= 15 is 0 Å². The number of thiophene rings is 2. The Labute approximate surface area is 199 Å². The highest BCUT2D eigenvalue weighted by Gasteiger charge is 2.40. The summed E-state index contributed by atoms with van der Waals surface area (Å²) >= 11 is 11.6. The highest BCUT2D eigenvalue weighted by Crippen LogP contribution is 2.42. The lowest BCUT2D eigenvalue weighted by Crippen LogP contribution is -2.10. The minimum atomic E-state index is -0.730. The quantitative estimate of drug-likeness (QED) is 0.188. The smallest absolute Gasteiger partial charge is 0.179 e. The second-order valence-corrected chi connectivity index (χ2v) is 12.4. The zero-order valence-corrected chi connectivity index (χ0v) is 19.9. The Bertz CT molecular complexity index is 1550. The van der Waals surface area contributed by atoms with Gasteiger partial charge in [-0.05, 0) is 58.1 Å². The van der Waals surface area contributed by atoms with Crippen molar-refractivity contribution in [1.82, 2.24) is 0 Å². The predicted molar refractivity (Wildman–Crippen MR) is 135 cm³/mol. The SMILES string of the molecule is O=C1c2cc3ccc(-c4csc(=S)s4)cc3cc2C(=O)C1c1ccc(-c2cccs2)s1. The van der Waals surface area contributed by atoms with Gasteiger partial charge in [0.1, 0.15) is 9.06 Å². The number of carbonyl (C=O) groups is 2. The summed E-state index contributed by atoms with van der Waals surface area (Å²) in [5, 5.41) is 6.03. The lowest BCUT2D eigenvalue weighted by Gasteiger charge is -2.04. The fourth-order valence-corrected chi connectivity index (χ4v) is 8.03. The summed E-state index contributed by atoms with van der Waals surface area (Å²) in [5.74, 6) is -0.925. The molecule has 2 aromatic carbocycles. The molecular weight excluding hydrogens is 481 g/mol. The molecule has 0 radical (unpaired) electrons. The second kappa shape index (κ2) is 7.39. The summed E-state index contributed by atoms with van der Waals surface area (Å²) < 4.78 is 0.894. The second-order valence-electron chi connectivity index (χ2n) is 7.25. The molecule has 3 heterocycles. The van der Waals surface area contributed by atoms with Crippen LogP contribution < -0.4 is 0 Å². The molecular formula is C24H12O2S5. The highest BCUT2D eigenvalue weighted by molar-refractivity contribution is 7.76. The van der Waals surface area contributed by atoms with Crippen LogP contribution in [0, 0.1) is 3.14 Å². The van der Waals surface area contributed by atoms with Gasteiger partial charge in [-0.25, -0.2) is 0 Å². The third kappa shape index (κ3) is 3.20. The van der Waals surface area contributed by atoms with Gasteiger partial charge in [0.05, 0.1) is 0 Å². The molecule has 150 valence electrons. The minimum absolute atomic E-state index is 0.0960. The fraction of sp³-hybridized carbons (Fsp3) is 0.0417. The maximum atomic E-state index is 13.3. The Balaban J connectivity index is 1.42. The van der Waals surface area contributed by atoms with Crippen molar-refractivity contribution in [2.24, 2.45) is 0 Å². The first-order chi connectivity index (χ1) is 15.1. The van der Waals surface area contributed by atoms with E-state index in [1.807, 2.05) is 47.8 Å². The number of rotatable bonds is 3. The van der Waals surface area contributed by atoms with Crippen molar-refractivity contribution in [2.75, 3.05) is 0 Å². The summed E-state index contributed by atoms with van der Waals surface area (Å²) in [4.78, 5) is 30.7. The van der Waals surface area contributed by atoms with Gasteiger partial charge in [-0.2, -0.15) is 0 Å². The van der Waals surface area contributed by atoms with Crippen LogP contribution in [0.3, 0.4) is 0 Å². The summed E-state index contributed by atoms with van der Waals surface area (Å²) in [6.45, 7) is 0. The average Bonchev–Trinajstić information content (AvgIpc) is 3.55. The van der Waals surface area contributed by atoms with Gasteiger partial charge >= 0.3 is 0 Å². The number of carbonyl (C=O) groups excluding carboxylic acids is 2. The van der Waals surface area contributed by atoms with E-state index in [2.05, 4.69) is 17.5 Å². The lowest BCUT2D eigenvalue weighted by atomic mass is 10.0. The Morgan fingerprint density at radius 2 is 1.55 bits per heavy atom. The van der Waals surface area contributed by atoms with Gasteiger partial charge in [0, 0.05) is 36.0 Å². The molecule has 0 amide bonds. The van der Waals surface area contributed by atoms with Crippen molar-refractivity contribution in [2.45, 2.75) is 5.92 Å². The van der Waals surface area contributed by atoms with Gasteiger partial charge < -0.3 is 0 Å². The summed E-state index contributed by atoms with van der Waals surface area (Å²) in [7, 11) is 0. The van der Waals surface area contributed by atoms with Gasteiger partial charge in [0.15, 0.2) is 11.6 Å². The van der Waals surface area contributed by atoms with E-state index in [1.165, 1.54) is 11.3 Å². The normalized spacial score (nSPS) is 15.7. The van der Waals surface area contributed by atoms with Gasteiger partial charge in [0.25, 0.3) is 0 Å². The number of benzene rings is 2. The predicted octanol–water partition coefficient (Wildman–Crippen LogP) is 8.31. The molecule has 0 saturated heterocycles. The topological polar surface area (TPSA) is 34.1 Å². The van der Waals surface area contributed by atoms with Crippen LogP contribution in [0.2, 0.25) is 0 Å². The lowest BCUT2D eigenvalue weighted by molar-refractivity contribution is 0.0892. The fourth-order valence-electron chi connectivity index (χ4n) is 3.97. The monoisotopic (exact) mass is 492 g/mol. The van der Waals surface area contributed by atoms with Crippen LogP contribution >= 0.6 is 57.6 Å². The van der Waals surface area contributed by atoms with Crippen molar-refractivity contribution >= 4 is 79.9 Å². The summed E-state index contributed by atoms with van der Waals surface area (Å²) in [6, 6.07) is 17.9. The van der Waals surface area contributed by atoms with Gasteiger partial charge in [0.2, 0.25) is 0 Å². The molecule has 6 rings (SSSR count). The highest BCUT2D eigenvalue weighted by atomic mass is 32.2. The summed E-state index contributed by atoms with van der Waals surface area (Å²) in [6.07, 6.45) is 0. The molecule has 1 unspecified atom stereocenters. The molecule has 0 bridgehead atoms. The Hall–Kier alpha value is -2.29. The van der Waals surface area contributed by atoms with Gasteiger partial charge in [-0.1, -0.05) is 30.4 Å². The average molecular weight is 493 g/mol. The zero-order chi connectivity index (χ0) is 21.1. The first-order valence-electron chi connectivity index (χ1n) is 9.47. The molecule has 1 aliphatic carbocycles. The first kappa shape index (κ1) is 19.4. The molecule has 7 heteroatoms. The van der Waals surface area contributed by atoms with Crippen LogP contribution in [0.5, 0.6) is 0 Å². The molecule has 3 aromatic heterocycles. The van der Waals surface area contributed by atoms with E-state index in [0.717, 1.165) is 39.0 Å². The zero-order valence-electron chi connectivity index (χ0n) is 15.8. The van der Waals surface area contributed by atoms with Crippen molar-refractivity contribution in [1.29, 1.82) is 0 Å². The molecule has 31 heavy (non-hydrogen) atoms. The van der Waals surface area contributed by atoms with Crippen LogP contribution in [0.1, 0.15) is 31.5 Å². The number of ketones is 2. The Morgan fingerprint density at radius 1 is 0.742 bits per heavy atom. The molecule has 1 aliphatic rings. The number of Topliss-reactive ketones (excluding diaryl/α,β-unsaturated/α-hetero) is 2. The van der Waals surface area contributed by atoms with Crippen molar-refractivity contribution < 1.29 is 9.59 Å². The van der Waals surface area contributed by atoms with Crippen molar-refractivity contribution in [3.63, 3.8) is 0 Å². The van der Waals surface area contributed by atoms with E-state index in [4.69, 9.17) is 12.2 Å². The number of hydrogen-bond donors (Lipinski definition) is 0. The summed E-state index contributed by atoms with van der Waals surface area (Å²) in [5.41, 5.74) is 2.15. The molecule has 0 fully saturated rings. The third-order valence-corrected chi connectivity index (χ3v) is 10.2. The molecule has 0 aliphatic heterocycles. The number of fused-ring (bicyclic) bond motifs is 2. The van der Waals surface area contributed by atoms with Crippen LogP contribution in [-0.4, -0.2) is 11.6 Å². The molecule has 2 nitrogen and oxygen atoms in total. The largest absolute Gasteiger partial charge is 0.293 e. The van der Waals surface area contributed by atoms with Crippen LogP contribution in [-0.2, 0) is 0 Å². The van der Waals surface area contributed by atoms with Gasteiger partial charge in [-0.15, -0.1) is 45.3 Å². The van der Waals surface area contributed by atoms with E-state index < -0.39 is 5.92 Å². The van der Waals surface area contributed by atoms with E-state index in [9.17, 15) is 9.59 Å². The molecule has 0 spiro atoms. The standard InChI is InChI=1S/C24H12O2S5/c25-22-15-9-12-3-4-13(20-11-29-24(27)31-20)8-14(12)10-16(15)23(26)21(22)19-6-5-18(30-19)17-2-1-7-28-17/h1-11,21H. The minimum Gasteiger partial charge on any atom is -0.293 e. The Morgan fingerprint density at radius 3 is 2.26 bits per heavy atom. The van der Waals surface area contributed by atoms with E-state index in [0.29, 0.717) is 11.1 Å². The van der Waals surface area contributed by atoms with Crippen molar-refractivity contribution in [3.8, 4) is 20.2 Å². The molecule has 1 atom stereocenters. The van der Waals surface area contributed by atoms with Crippen LogP contribution in [0.4, 0.5) is 0 Å². The maximum Gasteiger partial charge on any atom is 0.179 e. The maximum absolute atomic E-state index is 13.3. The third-order valence-electron chi connectivity index (χ3n) is 5.45. The van der Waals surface area contributed by atoms with Crippen LogP contribution in [0.25, 0.3) is 31.0 Å². The van der Waals surface area contributed by atoms with Crippen molar-refractivity contribution in [3.05, 3.63) is 84.5 Å². The molecule has 5 aromatic rings. The van der Waals surface area contributed by atoms with E-state index in [-0.39, 0.29) is 11.6 Å². The van der Waals surface area contributed by atoms with Crippen LogP contribution in [0.15, 0.2) is 65.4 Å². The first-order valence-corrected chi connectivity index (χ1v) is 13.3. The Kier molecular flexibility index (Phi) is 4.63. The van der Waals surface area contributed by atoms with E-state index in [1.54, 1.807) is 34.0 Å². The van der Waals surface area contributed by atoms with Gasteiger partial charge in [-0.3, -0.25) is 9.59 Å². The number of hydrogen-bond acceptors (Lipinski definition) is 7. The molecule has 0 N–H and O–H groups in total.